The fourth-order valence-corrected chi connectivity index (χ4v) is 3.90. The second kappa shape index (κ2) is 7.48. The number of aliphatic hydroxyl groups excluding tert-OH is 1. The molecule has 162 valence electrons. The molecule has 0 saturated carbocycles. The zero-order valence-electron chi connectivity index (χ0n) is 17.7. The number of pyridine rings is 1. The molecule has 1 aliphatic carbocycles. The third-order valence-electron chi connectivity index (χ3n) is 6.02. The number of amides is 2. The zero-order valence-corrected chi connectivity index (χ0v) is 17.7. The van der Waals surface area contributed by atoms with Gasteiger partial charge in [-0.1, -0.05) is 25.7 Å². The fraction of sp³-hybridized carbons (Fsp3) is 0.455. The molecule has 31 heavy (non-hydrogen) atoms. The number of aromatic amines is 1. The Morgan fingerprint density at radius 2 is 2.19 bits per heavy atom. The average molecular weight is 423 g/mol. The first-order valence-corrected chi connectivity index (χ1v) is 10.1. The molecular formula is C22H25N5O4. The molecule has 1 fully saturated rings. The number of H-pyrrole nitrogens is 1. The lowest BCUT2D eigenvalue weighted by molar-refractivity contribution is -0.137. The molecule has 2 aromatic heterocycles. The van der Waals surface area contributed by atoms with Crippen molar-refractivity contribution in [3.8, 4) is 11.8 Å². The molecule has 1 saturated heterocycles. The summed E-state index contributed by atoms with van der Waals surface area (Å²) in [6.07, 6.45) is 2.12. The second-order valence-corrected chi connectivity index (χ2v) is 8.89. The van der Waals surface area contributed by atoms with E-state index in [4.69, 9.17) is 0 Å². The van der Waals surface area contributed by atoms with Gasteiger partial charge >= 0.3 is 0 Å². The molecule has 0 bridgehead atoms. The van der Waals surface area contributed by atoms with Gasteiger partial charge in [-0.3, -0.25) is 14.7 Å². The maximum atomic E-state index is 12.8. The Morgan fingerprint density at radius 1 is 1.42 bits per heavy atom. The number of carbonyl (C=O) groups excluding carboxylic acids is 2. The van der Waals surface area contributed by atoms with Crippen molar-refractivity contribution in [1.29, 1.82) is 0 Å². The minimum absolute atomic E-state index is 0.233. The molecule has 9 nitrogen and oxygen atoms in total. The van der Waals surface area contributed by atoms with E-state index in [-0.39, 0.29) is 23.3 Å². The number of nitrogens with one attached hydrogen (secondary N) is 2. The molecule has 0 aromatic carbocycles. The van der Waals surface area contributed by atoms with Crippen LogP contribution in [0.4, 0.5) is 5.82 Å². The van der Waals surface area contributed by atoms with Gasteiger partial charge in [0.2, 0.25) is 5.60 Å². The van der Waals surface area contributed by atoms with E-state index < -0.39 is 23.5 Å². The molecule has 0 unspecified atom stereocenters. The minimum atomic E-state index is -1.69. The molecule has 2 aliphatic rings. The van der Waals surface area contributed by atoms with Crippen LogP contribution in [0.15, 0.2) is 18.3 Å². The van der Waals surface area contributed by atoms with Crippen LogP contribution < -0.4 is 5.32 Å². The Morgan fingerprint density at radius 3 is 2.90 bits per heavy atom. The SMILES string of the molecule is CN1CC[C@@](O)(C#Cc2ccnc(NC(=O)c3n[nH]c4c3C[C@H](O)C(C)(C)C4)c2)C1=O. The minimum Gasteiger partial charge on any atom is -0.392 e. The van der Waals surface area contributed by atoms with Crippen LogP contribution in [-0.2, 0) is 17.6 Å². The Kier molecular flexibility index (Phi) is 5.07. The first-order chi connectivity index (χ1) is 14.6. The van der Waals surface area contributed by atoms with Crippen LogP contribution in [0, 0.1) is 17.3 Å². The molecule has 4 rings (SSSR count). The summed E-state index contributed by atoms with van der Waals surface area (Å²) in [5, 5.41) is 30.6. The zero-order chi connectivity index (χ0) is 22.4. The number of likely N-dealkylation sites (N-methyl/N-ethyl adjacent to an activating group) is 1. The lowest BCUT2D eigenvalue weighted by Gasteiger charge is -2.34. The predicted molar refractivity (Wildman–Crippen MR) is 112 cm³/mol. The van der Waals surface area contributed by atoms with Crippen LogP contribution in [0.3, 0.4) is 0 Å². The van der Waals surface area contributed by atoms with Crippen molar-refractivity contribution < 1.29 is 19.8 Å². The number of rotatable bonds is 2. The number of aromatic nitrogens is 3. The molecule has 2 aromatic rings. The van der Waals surface area contributed by atoms with Crippen LogP contribution in [0.5, 0.6) is 0 Å². The molecule has 4 N–H and O–H groups in total. The summed E-state index contributed by atoms with van der Waals surface area (Å²) in [6.45, 7) is 4.40. The van der Waals surface area contributed by atoms with E-state index in [0.717, 1.165) is 5.69 Å². The number of aliphatic hydroxyl groups is 2. The summed E-state index contributed by atoms with van der Waals surface area (Å²) in [4.78, 5) is 30.4. The second-order valence-electron chi connectivity index (χ2n) is 8.89. The Labute approximate surface area is 179 Å². The van der Waals surface area contributed by atoms with Crippen LogP contribution in [0.25, 0.3) is 0 Å². The predicted octanol–water partition coefficient (Wildman–Crippen LogP) is 0.487. The molecule has 0 radical (unpaired) electrons. The van der Waals surface area contributed by atoms with Crippen LogP contribution in [-0.4, -0.2) is 67.4 Å². The van der Waals surface area contributed by atoms with Crippen molar-refractivity contribution in [2.24, 2.45) is 5.41 Å². The summed E-state index contributed by atoms with van der Waals surface area (Å²) in [5.74, 6) is 4.86. The lowest BCUT2D eigenvalue weighted by atomic mass is 9.74. The summed E-state index contributed by atoms with van der Waals surface area (Å²) in [5.41, 5.74) is 0.323. The standard InChI is InChI=1S/C22H25N5O4/c1-21(2)12-15-14(11-16(21)28)18(26-25-15)19(29)24-17-10-13(5-8-23-17)4-6-22(31)7-9-27(3)20(22)30/h5,8,10,16,28,31H,7,9,11-12H2,1-3H3,(H,25,26)(H,23,24,29)/t16-,22-/m0/s1. The van der Waals surface area contributed by atoms with Crippen molar-refractivity contribution in [2.45, 2.75) is 44.8 Å². The van der Waals surface area contributed by atoms with Crippen molar-refractivity contribution in [3.05, 3.63) is 40.8 Å². The van der Waals surface area contributed by atoms with Crippen molar-refractivity contribution in [1.82, 2.24) is 20.1 Å². The number of likely N-dealkylation sites (tertiary alicyclic amines) is 1. The maximum Gasteiger partial charge on any atom is 0.277 e. The Hall–Kier alpha value is -3.22. The van der Waals surface area contributed by atoms with E-state index in [1.54, 1.807) is 19.2 Å². The monoisotopic (exact) mass is 423 g/mol. The molecule has 0 spiro atoms. The molecule has 2 atom stereocenters. The van der Waals surface area contributed by atoms with Gasteiger partial charge in [0.25, 0.3) is 11.8 Å². The summed E-state index contributed by atoms with van der Waals surface area (Å²) in [7, 11) is 1.62. The van der Waals surface area contributed by atoms with Gasteiger partial charge in [0.05, 0.1) is 6.10 Å². The molecular weight excluding hydrogens is 398 g/mol. The number of fused-ring (bicyclic) bond motifs is 1. The molecule has 1 aliphatic heterocycles. The molecule has 9 heteroatoms. The van der Waals surface area contributed by atoms with E-state index >= 15 is 0 Å². The Balaban J connectivity index is 1.51. The Bertz CT molecular complexity index is 1110. The van der Waals surface area contributed by atoms with Gasteiger partial charge in [-0.2, -0.15) is 5.10 Å². The van der Waals surface area contributed by atoms with Crippen molar-refractivity contribution >= 4 is 17.6 Å². The van der Waals surface area contributed by atoms with E-state index in [2.05, 4.69) is 32.3 Å². The largest absolute Gasteiger partial charge is 0.392 e. The van der Waals surface area contributed by atoms with E-state index in [1.807, 2.05) is 13.8 Å². The normalized spacial score (nSPS) is 24.4. The first kappa shape index (κ1) is 21.0. The van der Waals surface area contributed by atoms with Crippen molar-refractivity contribution in [2.75, 3.05) is 18.9 Å². The van der Waals surface area contributed by atoms with Crippen LogP contribution in [0.1, 0.15) is 47.6 Å². The van der Waals surface area contributed by atoms with Gasteiger partial charge in [-0.15, -0.1) is 0 Å². The molecule has 3 heterocycles. The number of hydrogen-bond acceptors (Lipinski definition) is 6. The van der Waals surface area contributed by atoms with E-state index in [0.29, 0.717) is 30.5 Å². The lowest BCUT2D eigenvalue weighted by Crippen LogP contribution is -2.37. The van der Waals surface area contributed by atoms with Crippen molar-refractivity contribution in [3.63, 3.8) is 0 Å². The van der Waals surface area contributed by atoms with Gasteiger partial charge < -0.3 is 20.4 Å². The summed E-state index contributed by atoms with van der Waals surface area (Å²) >= 11 is 0. The fourth-order valence-electron chi connectivity index (χ4n) is 3.90. The third-order valence-corrected chi connectivity index (χ3v) is 6.02. The maximum absolute atomic E-state index is 12.8. The quantitative estimate of drug-likeness (QED) is 0.520. The topological polar surface area (TPSA) is 131 Å². The van der Waals surface area contributed by atoms with Crippen LogP contribution in [0.2, 0.25) is 0 Å². The smallest absolute Gasteiger partial charge is 0.277 e. The van der Waals surface area contributed by atoms with E-state index in [9.17, 15) is 19.8 Å². The molecule has 2 amide bonds. The number of carbonyl (C=O) groups is 2. The number of hydrogen-bond donors (Lipinski definition) is 4. The highest BCUT2D eigenvalue weighted by Gasteiger charge is 2.42. The van der Waals surface area contributed by atoms with Gasteiger partial charge in [0.1, 0.15) is 5.82 Å². The highest BCUT2D eigenvalue weighted by atomic mass is 16.3. The van der Waals surface area contributed by atoms with Crippen LogP contribution >= 0.6 is 0 Å². The van der Waals surface area contributed by atoms with Gasteiger partial charge in [-0.05, 0) is 24.0 Å². The highest BCUT2D eigenvalue weighted by Crippen LogP contribution is 2.35. The highest BCUT2D eigenvalue weighted by molar-refractivity contribution is 6.03. The summed E-state index contributed by atoms with van der Waals surface area (Å²) in [6, 6.07) is 3.19. The van der Waals surface area contributed by atoms with Gasteiger partial charge in [0.15, 0.2) is 5.69 Å². The van der Waals surface area contributed by atoms with Gasteiger partial charge in [0, 0.05) is 49.5 Å². The van der Waals surface area contributed by atoms with Gasteiger partial charge in [-0.25, -0.2) is 4.98 Å². The number of anilines is 1. The first-order valence-electron chi connectivity index (χ1n) is 10.1. The number of nitrogens with zero attached hydrogens (tertiary/aromatic N) is 3. The van der Waals surface area contributed by atoms with E-state index in [1.165, 1.54) is 11.1 Å². The third kappa shape index (κ3) is 3.92. The summed E-state index contributed by atoms with van der Waals surface area (Å²) < 4.78 is 0. The average Bonchev–Trinajstić information content (AvgIpc) is 3.23.